The smallest absolute Gasteiger partial charge is 0.422 e. The number of benzene rings is 3. The summed E-state index contributed by atoms with van der Waals surface area (Å²) in [5, 5.41) is 32.1. The molecule has 0 radical (unpaired) electrons. The Morgan fingerprint density at radius 2 is 1.82 bits per heavy atom. The van der Waals surface area contributed by atoms with E-state index < -0.39 is 40.9 Å². The number of ether oxygens (including phenoxy) is 2. The number of fused-ring (bicyclic) bond motifs is 1. The number of non-ortho nitro benzene ring substituents is 1. The largest absolute Gasteiger partial charge is 0.493 e. The lowest BCUT2D eigenvalue weighted by Crippen LogP contribution is -2.50. The zero-order valence-electron chi connectivity index (χ0n) is 23.7. The van der Waals surface area contributed by atoms with Crippen LogP contribution in [0, 0.1) is 10.1 Å². The second-order valence-corrected chi connectivity index (χ2v) is 10.8. The van der Waals surface area contributed by atoms with Crippen LogP contribution in [-0.2, 0) is 23.4 Å². The van der Waals surface area contributed by atoms with Crippen LogP contribution in [0.5, 0.6) is 11.5 Å². The molecule has 3 aromatic carbocycles. The van der Waals surface area contributed by atoms with Crippen LogP contribution in [-0.4, -0.2) is 69.6 Å². The predicted molar refractivity (Wildman–Crippen MR) is 154 cm³/mol. The summed E-state index contributed by atoms with van der Waals surface area (Å²) in [5.41, 5.74) is -2.51. The van der Waals surface area contributed by atoms with E-state index in [9.17, 15) is 33.2 Å². The van der Waals surface area contributed by atoms with Crippen molar-refractivity contribution in [2.45, 2.75) is 37.3 Å². The monoisotopic (exact) mass is 613 g/mol. The Morgan fingerprint density at radius 3 is 2.48 bits per heavy atom. The first-order valence-corrected chi connectivity index (χ1v) is 13.8. The number of aliphatic hydroxyl groups is 1. The molecule has 10 nitrogen and oxygen atoms in total. The molecule has 0 aliphatic carbocycles. The van der Waals surface area contributed by atoms with E-state index in [0.717, 1.165) is 11.6 Å². The molecule has 13 heteroatoms. The molecule has 232 valence electrons. The molecule has 0 bridgehead atoms. The highest BCUT2D eigenvalue weighted by Gasteiger charge is 2.57. The van der Waals surface area contributed by atoms with Gasteiger partial charge in [-0.15, -0.1) is 0 Å². The standard InChI is InChI=1S/C31H30F3N3O7/c1-43-28-13-21(14-29(38)39)7-10-27(28)44-23-11-12-35(17-23)19-30(40,31(32,33)34)25-18-36(16-20-5-3-2-4-6-20)26-15-22(37(41)42)8-9-24(25)26/h2-10,13,15,18,23,40H,11-12,14,16-17,19H2,1H3,(H,38,39)/t23-,30?/m0/s1. The Hall–Kier alpha value is -4.62. The molecule has 1 fully saturated rings. The van der Waals surface area contributed by atoms with Crippen molar-refractivity contribution in [3.05, 3.63) is 99.7 Å². The van der Waals surface area contributed by atoms with Crippen molar-refractivity contribution in [2.75, 3.05) is 26.7 Å². The Morgan fingerprint density at radius 1 is 1.07 bits per heavy atom. The van der Waals surface area contributed by atoms with Crippen molar-refractivity contribution in [1.29, 1.82) is 0 Å². The molecule has 0 spiro atoms. The average Bonchev–Trinajstić information content (AvgIpc) is 3.57. The number of methoxy groups -OCH3 is 1. The van der Waals surface area contributed by atoms with Crippen molar-refractivity contribution in [2.24, 2.45) is 0 Å². The van der Waals surface area contributed by atoms with Crippen molar-refractivity contribution in [1.82, 2.24) is 9.47 Å². The van der Waals surface area contributed by atoms with E-state index in [1.807, 2.05) is 0 Å². The Kier molecular flexibility index (Phi) is 8.53. The number of likely N-dealkylation sites (tertiary alicyclic amines) is 1. The summed E-state index contributed by atoms with van der Waals surface area (Å²) < 4.78 is 57.2. The van der Waals surface area contributed by atoms with Gasteiger partial charge in [0.2, 0.25) is 5.60 Å². The quantitative estimate of drug-likeness (QED) is 0.176. The topological polar surface area (TPSA) is 127 Å². The van der Waals surface area contributed by atoms with Gasteiger partial charge in [-0.25, -0.2) is 0 Å². The maximum atomic E-state index is 14.8. The number of carboxylic acid groups (broad SMARTS) is 1. The zero-order valence-corrected chi connectivity index (χ0v) is 23.7. The van der Waals surface area contributed by atoms with Crippen molar-refractivity contribution in [3.8, 4) is 11.5 Å². The molecule has 44 heavy (non-hydrogen) atoms. The fourth-order valence-electron chi connectivity index (χ4n) is 5.60. The Balaban J connectivity index is 1.43. The highest BCUT2D eigenvalue weighted by molar-refractivity contribution is 5.87. The third-order valence-electron chi connectivity index (χ3n) is 7.75. The predicted octanol–water partition coefficient (Wildman–Crippen LogP) is 5.14. The van der Waals surface area contributed by atoms with Crippen molar-refractivity contribution < 1.29 is 42.6 Å². The van der Waals surface area contributed by atoms with Gasteiger partial charge in [-0.3, -0.25) is 19.8 Å². The van der Waals surface area contributed by atoms with Crippen LogP contribution < -0.4 is 9.47 Å². The van der Waals surface area contributed by atoms with E-state index in [2.05, 4.69) is 0 Å². The second-order valence-electron chi connectivity index (χ2n) is 10.8. The van der Waals surface area contributed by atoms with Crippen molar-refractivity contribution >= 4 is 22.6 Å². The van der Waals surface area contributed by atoms with Gasteiger partial charge >= 0.3 is 12.1 Å². The number of rotatable bonds is 11. The normalized spacial score (nSPS) is 17.0. The molecule has 4 aromatic rings. The number of aromatic nitrogens is 1. The summed E-state index contributed by atoms with van der Waals surface area (Å²) in [6.07, 6.45) is -4.21. The summed E-state index contributed by atoms with van der Waals surface area (Å²) >= 11 is 0. The van der Waals surface area contributed by atoms with Gasteiger partial charge < -0.3 is 24.3 Å². The van der Waals surface area contributed by atoms with Gasteiger partial charge in [-0.2, -0.15) is 13.2 Å². The molecule has 2 heterocycles. The van der Waals surface area contributed by atoms with Crippen LogP contribution in [0.3, 0.4) is 0 Å². The maximum Gasteiger partial charge on any atom is 0.422 e. The summed E-state index contributed by atoms with van der Waals surface area (Å²) in [6, 6.07) is 17.2. The van der Waals surface area contributed by atoms with E-state index in [4.69, 9.17) is 14.6 Å². The third-order valence-corrected chi connectivity index (χ3v) is 7.75. The van der Waals surface area contributed by atoms with Crippen LogP contribution >= 0.6 is 0 Å². The van der Waals surface area contributed by atoms with E-state index in [1.54, 1.807) is 42.5 Å². The first kappa shape index (κ1) is 30.8. The second kappa shape index (κ2) is 12.2. The fraction of sp³-hybridized carbons (Fsp3) is 0.323. The van der Waals surface area contributed by atoms with Crippen LogP contribution in [0.4, 0.5) is 18.9 Å². The minimum atomic E-state index is -5.08. The molecule has 2 N–H and O–H groups in total. The number of nitro benzene ring substituents is 1. The highest BCUT2D eigenvalue weighted by atomic mass is 19.4. The minimum Gasteiger partial charge on any atom is -0.493 e. The highest BCUT2D eigenvalue weighted by Crippen LogP contribution is 2.44. The molecule has 0 saturated carbocycles. The molecule has 1 aliphatic rings. The SMILES string of the molecule is COc1cc(CC(=O)O)ccc1O[C@H]1CCN(CC(O)(c2cn(Cc3ccccc3)c3cc([N+](=O)[O-])ccc23)C(F)(F)F)C1. The molecule has 1 aliphatic heterocycles. The van der Waals surface area contributed by atoms with Crippen LogP contribution in [0.25, 0.3) is 10.9 Å². The molecule has 5 rings (SSSR count). The van der Waals surface area contributed by atoms with Gasteiger partial charge in [0, 0.05) is 55.5 Å². The minimum absolute atomic E-state index is 0.0598. The van der Waals surface area contributed by atoms with Gasteiger partial charge in [-0.1, -0.05) is 36.4 Å². The van der Waals surface area contributed by atoms with Gasteiger partial charge in [0.25, 0.3) is 5.69 Å². The van der Waals surface area contributed by atoms with Crippen molar-refractivity contribution in [3.63, 3.8) is 0 Å². The Labute approximate surface area is 250 Å². The van der Waals surface area contributed by atoms with E-state index >= 15 is 0 Å². The molecule has 0 amide bonds. The van der Waals surface area contributed by atoms with Gasteiger partial charge in [0.05, 0.1) is 24.0 Å². The maximum absolute atomic E-state index is 14.8. The zero-order chi connectivity index (χ0) is 31.6. The summed E-state index contributed by atoms with van der Waals surface area (Å²) in [7, 11) is 1.40. The molecule has 1 saturated heterocycles. The van der Waals surface area contributed by atoms with Crippen LogP contribution in [0.1, 0.15) is 23.1 Å². The lowest BCUT2D eigenvalue weighted by atomic mass is 9.92. The number of hydrogen-bond donors (Lipinski definition) is 2. The van der Waals surface area contributed by atoms with Gasteiger partial charge in [0.1, 0.15) is 6.10 Å². The van der Waals surface area contributed by atoms with Crippen LogP contribution in [0.2, 0.25) is 0 Å². The lowest BCUT2D eigenvalue weighted by Gasteiger charge is -2.34. The lowest BCUT2D eigenvalue weighted by molar-refractivity contribution is -0.384. The number of alkyl halides is 3. The first-order chi connectivity index (χ1) is 20.9. The summed E-state index contributed by atoms with van der Waals surface area (Å²) in [4.78, 5) is 23.4. The molecule has 1 aromatic heterocycles. The molecular formula is C31H30F3N3O7. The third kappa shape index (κ3) is 6.33. The first-order valence-electron chi connectivity index (χ1n) is 13.8. The number of nitro groups is 1. The number of nitrogens with zero attached hydrogens (tertiary/aromatic N) is 3. The number of β-amino-alcohol motifs (C(OH)–C–C–N with tert-alkyl or cyclic N) is 1. The van der Waals surface area contributed by atoms with Crippen LogP contribution in [0.15, 0.2) is 72.9 Å². The summed E-state index contributed by atoms with van der Waals surface area (Å²) in [5.74, 6) is -0.384. The van der Waals surface area contributed by atoms with Gasteiger partial charge in [-0.05, 0) is 35.7 Å². The average molecular weight is 614 g/mol. The number of hydrogen-bond acceptors (Lipinski definition) is 7. The molecule has 2 atom stereocenters. The Bertz CT molecular complexity index is 1680. The van der Waals surface area contributed by atoms with E-state index in [0.29, 0.717) is 23.5 Å². The number of halogens is 3. The van der Waals surface area contributed by atoms with E-state index in [-0.39, 0.29) is 42.6 Å². The number of carboxylic acids is 1. The number of carbonyl (C=O) groups is 1. The molecular weight excluding hydrogens is 583 g/mol. The fourth-order valence-corrected chi connectivity index (χ4v) is 5.60. The molecule has 1 unspecified atom stereocenters. The van der Waals surface area contributed by atoms with E-state index in [1.165, 1.54) is 41.0 Å². The number of aliphatic carboxylic acids is 1. The summed E-state index contributed by atoms with van der Waals surface area (Å²) in [6.45, 7) is -0.366. The van der Waals surface area contributed by atoms with Gasteiger partial charge in [0.15, 0.2) is 11.5 Å².